The molecule has 0 unspecified atom stereocenters. The number of fused-ring (bicyclic) bond motifs is 1. The smallest absolute Gasteiger partial charge is 0.417 e. The Labute approximate surface area is 217 Å². The Morgan fingerprint density at radius 3 is 2.44 bits per heavy atom. The van der Waals surface area contributed by atoms with Crippen LogP contribution in [0.3, 0.4) is 0 Å². The molecule has 0 atom stereocenters. The summed E-state index contributed by atoms with van der Waals surface area (Å²) in [7, 11) is 1.48. The van der Waals surface area contributed by atoms with Crippen molar-refractivity contribution in [3.05, 3.63) is 80.9 Å². The summed E-state index contributed by atoms with van der Waals surface area (Å²) in [6.45, 7) is 0.208. The molecule has 1 heterocycles. The Kier molecular flexibility index (Phi) is 6.98. The first kappa shape index (κ1) is 25.5. The van der Waals surface area contributed by atoms with E-state index < -0.39 is 34.8 Å². The van der Waals surface area contributed by atoms with Crippen LogP contribution in [0.5, 0.6) is 5.75 Å². The highest BCUT2D eigenvalue weighted by Crippen LogP contribution is 2.42. The van der Waals surface area contributed by atoms with Crippen molar-refractivity contribution in [1.82, 2.24) is 4.57 Å². The van der Waals surface area contributed by atoms with Crippen LogP contribution in [0.25, 0.3) is 22.2 Å². The number of hydrogen-bond donors (Lipinski definition) is 3. The average Bonchev–Trinajstić information content (AvgIpc) is 3.09. The van der Waals surface area contributed by atoms with Gasteiger partial charge in [-0.3, -0.25) is 4.79 Å². The summed E-state index contributed by atoms with van der Waals surface area (Å²) < 4.78 is 44.0. The van der Waals surface area contributed by atoms with Crippen LogP contribution in [-0.2, 0) is 13.2 Å². The molecule has 0 aliphatic heterocycles. The van der Waals surface area contributed by atoms with Crippen molar-refractivity contribution >= 4 is 50.9 Å². The Morgan fingerprint density at radius 2 is 1.78 bits per heavy atom. The molecule has 4 rings (SSSR count). The number of rotatable bonds is 7. The summed E-state index contributed by atoms with van der Waals surface area (Å²) >= 11 is 2.15. The molecule has 0 saturated heterocycles. The van der Waals surface area contributed by atoms with Gasteiger partial charge in [0.15, 0.2) is 5.78 Å². The first-order valence-electron chi connectivity index (χ1n) is 10.8. The predicted molar refractivity (Wildman–Crippen MR) is 139 cm³/mol. The second-order valence-electron chi connectivity index (χ2n) is 8.13. The lowest BCUT2D eigenvalue weighted by atomic mass is 9.96. The van der Waals surface area contributed by atoms with E-state index in [4.69, 9.17) is 0 Å². The number of aromatic nitrogens is 1. The fraction of sp³-hybridized carbons (Fsp3) is 0.154. The third-order valence-electron chi connectivity index (χ3n) is 5.82. The highest BCUT2D eigenvalue weighted by molar-refractivity contribution is 14.1. The summed E-state index contributed by atoms with van der Waals surface area (Å²) in [4.78, 5) is 25.1. The minimum absolute atomic E-state index is 0.000812. The lowest BCUT2D eigenvalue weighted by molar-refractivity contribution is -0.137. The predicted octanol–water partition coefficient (Wildman–Crippen LogP) is 6.56. The molecule has 0 radical (unpaired) electrons. The number of carboxylic acids is 1. The third kappa shape index (κ3) is 4.90. The van der Waals surface area contributed by atoms with E-state index in [2.05, 4.69) is 27.9 Å². The van der Waals surface area contributed by atoms with Crippen molar-refractivity contribution in [2.24, 2.45) is 7.05 Å². The Morgan fingerprint density at radius 1 is 1.06 bits per heavy atom. The zero-order chi connectivity index (χ0) is 26.2. The molecule has 3 N–H and O–H groups in total. The maximum atomic E-state index is 13.9. The molecule has 0 amide bonds. The number of carbonyl (C=O) groups is 2. The quantitative estimate of drug-likeness (QED) is 0.163. The average molecular weight is 608 g/mol. The zero-order valence-corrected chi connectivity index (χ0v) is 21.0. The molecule has 36 heavy (non-hydrogen) atoms. The zero-order valence-electron chi connectivity index (χ0n) is 18.9. The van der Waals surface area contributed by atoms with Crippen LogP contribution in [0.4, 0.5) is 18.9 Å². The molecule has 3 aromatic carbocycles. The van der Waals surface area contributed by atoms with Crippen LogP contribution in [0.15, 0.2) is 60.7 Å². The van der Waals surface area contributed by atoms with Crippen molar-refractivity contribution in [1.29, 1.82) is 0 Å². The van der Waals surface area contributed by atoms with Gasteiger partial charge in [0.2, 0.25) is 0 Å². The molecule has 0 bridgehead atoms. The molecule has 186 valence electrons. The minimum Gasteiger partial charge on any atom is -0.507 e. The molecular formula is C26H20F3IN2O4. The number of halogens is 4. The number of carbonyl (C=O) groups excluding carboxylic acids is 1. The SMILES string of the molecule is Cn1c(-c2ccccc2C(F)(F)F)c(C(=O)CCNc2cccc(I)c2)c2cc(C(=O)O)c(O)cc21. The van der Waals surface area contributed by atoms with Gasteiger partial charge in [-0.25, -0.2) is 4.79 Å². The molecule has 4 aromatic rings. The van der Waals surface area contributed by atoms with E-state index in [-0.39, 0.29) is 40.7 Å². The van der Waals surface area contributed by atoms with E-state index in [1.807, 2.05) is 24.3 Å². The minimum atomic E-state index is -4.69. The van der Waals surface area contributed by atoms with Gasteiger partial charge >= 0.3 is 12.1 Å². The van der Waals surface area contributed by atoms with Gasteiger partial charge in [0.25, 0.3) is 0 Å². The standard InChI is InChI=1S/C26H20F3IN2O4/c1-32-20-13-22(34)18(25(35)36)12-17(20)23(21(33)9-10-31-15-6-4-5-14(30)11-15)24(32)16-7-2-3-8-19(16)26(27,28)29/h2-8,11-13,31,34H,9-10H2,1H3,(H,35,36). The largest absolute Gasteiger partial charge is 0.507 e. The number of hydrogen-bond acceptors (Lipinski definition) is 4. The number of aryl methyl sites for hydroxylation is 1. The molecule has 0 saturated carbocycles. The lowest BCUT2D eigenvalue weighted by Gasteiger charge is -2.15. The fourth-order valence-corrected chi connectivity index (χ4v) is 4.76. The van der Waals surface area contributed by atoms with Crippen LogP contribution in [0.2, 0.25) is 0 Å². The number of ketones is 1. The Balaban J connectivity index is 1.87. The van der Waals surface area contributed by atoms with Crippen molar-refractivity contribution in [2.75, 3.05) is 11.9 Å². The third-order valence-corrected chi connectivity index (χ3v) is 6.49. The second kappa shape index (κ2) is 9.84. The molecule has 0 aliphatic carbocycles. The van der Waals surface area contributed by atoms with Crippen molar-refractivity contribution in [2.45, 2.75) is 12.6 Å². The van der Waals surface area contributed by atoms with Gasteiger partial charge in [-0.2, -0.15) is 13.2 Å². The van der Waals surface area contributed by atoms with E-state index in [9.17, 15) is 33.0 Å². The molecule has 0 spiro atoms. The van der Waals surface area contributed by atoms with Gasteiger partial charge in [0.05, 0.1) is 22.3 Å². The van der Waals surface area contributed by atoms with Crippen LogP contribution in [-0.4, -0.2) is 33.1 Å². The first-order chi connectivity index (χ1) is 17.0. The summed E-state index contributed by atoms with van der Waals surface area (Å²) in [5, 5.41) is 23.0. The topological polar surface area (TPSA) is 91.6 Å². The van der Waals surface area contributed by atoms with E-state index in [0.717, 1.165) is 27.5 Å². The van der Waals surface area contributed by atoms with Gasteiger partial charge < -0.3 is 20.1 Å². The summed E-state index contributed by atoms with van der Waals surface area (Å²) in [5.41, 5.74) is -0.601. The molecule has 0 aliphatic rings. The fourth-order valence-electron chi connectivity index (χ4n) is 4.22. The van der Waals surface area contributed by atoms with Crippen molar-refractivity contribution in [3.8, 4) is 17.0 Å². The second-order valence-corrected chi connectivity index (χ2v) is 9.37. The number of phenols is 1. The van der Waals surface area contributed by atoms with Crippen LogP contribution in [0.1, 0.15) is 32.7 Å². The number of benzene rings is 3. The van der Waals surface area contributed by atoms with Crippen molar-refractivity contribution in [3.63, 3.8) is 0 Å². The Hall–Kier alpha value is -3.54. The van der Waals surface area contributed by atoms with Crippen LogP contribution >= 0.6 is 22.6 Å². The van der Waals surface area contributed by atoms with E-state index in [0.29, 0.717) is 0 Å². The molecular weight excluding hydrogens is 588 g/mol. The molecule has 10 heteroatoms. The van der Waals surface area contributed by atoms with Crippen LogP contribution in [0, 0.1) is 3.57 Å². The van der Waals surface area contributed by atoms with Crippen LogP contribution < -0.4 is 5.32 Å². The maximum Gasteiger partial charge on any atom is 0.417 e. The molecule has 1 aromatic heterocycles. The molecule has 0 fully saturated rings. The number of anilines is 1. The number of nitrogens with one attached hydrogen (secondary N) is 1. The highest BCUT2D eigenvalue weighted by Gasteiger charge is 2.36. The van der Waals surface area contributed by atoms with E-state index in [1.165, 1.54) is 29.8 Å². The van der Waals surface area contributed by atoms with Gasteiger partial charge in [-0.15, -0.1) is 0 Å². The number of Topliss-reactive ketones (excluding diaryl/α,β-unsaturated/α-hetero) is 1. The summed E-state index contributed by atoms with van der Waals surface area (Å²) in [5.74, 6) is -2.44. The monoisotopic (exact) mass is 608 g/mol. The molecule has 6 nitrogen and oxygen atoms in total. The number of alkyl halides is 3. The van der Waals surface area contributed by atoms with Gasteiger partial charge in [0.1, 0.15) is 11.3 Å². The van der Waals surface area contributed by atoms with Gasteiger partial charge in [0, 0.05) is 46.3 Å². The van der Waals surface area contributed by atoms with Crippen molar-refractivity contribution < 1.29 is 33.0 Å². The number of nitrogens with zero attached hydrogens (tertiary/aromatic N) is 1. The van der Waals surface area contributed by atoms with E-state index in [1.54, 1.807) is 0 Å². The number of aromatic hydroxyl groups is 1. The normalized spacial score (nSPS) is 11.6. The maximum absolute atomic E-state index is 13.9. The Bertz CT molecular complexity index is 1490. The summed E-state index contributed by atoms with van der Waals surface area (Å²) in [6.07, 6.45) is -4.75. The highest BCUT2D eigenvalue weighted by atomic mass is 127. The van der Waals surface area contributed by atoms with Gasteiger partial charge in [-0.05, 0) is 52.9 Å². The lowest BCUT2D eigenvalue weighted by Crippen LogP contribution is -2.12. The number of carboxylic acid groups (broad SMARTS) is 1. The first-order valence-corrected chi connectivity index (χ1v) is 11.8. The van der Waals surface area contributed by atoms with Gasteiger partial charge in [-0.1, -0.05) is 24.3 Å². The summed E-state index contributed by atoms with van der Waals surface area (Å²) in [6, 6.07) is 14.7. The number of aromatic carboxylic acids is 1. The van der Waals surface area contributed by atoms with E-state index >= 15 is 0 Å².